The van der Waals surface area contributed by atoms with Crippen LogP contribution < -0.4 is 4.74 Å². The number of carbonyl (C=O) groups is 2. The average molecular weight is 381 g/mol. The normalized spacial score (nSPS) is 10.4. The molecule has 0 spiro atoms. The molecule has 0 aliphatic heterocycles. The van der Waals surface area contributed by atoms with Gasteiger partial charge in [0.05, 0.1) is 26.2 Å². The minimum Gasteiger partial charge on any atom is -0.497 e. The number of esters is 1. The third-order valence-corrected chi connectivity index (χ3v) is 3.90. The minimum absolute atomic E-state index is 0.0260. The van der Waals surface area contributed by atoms with Crippen LogP contribution in [0.1, 0.15) is 22.3 Å². The number of ether oxygens (including phenoxy) is 2. The molecule has 2 aromatic rings. The largest absolute Gasteiger partial charge is 0.497 e. The van der Waals surface area contributed by atoms with E-state index in [4.69, 9.17) is 4.74 Å². The first kappa shape index (κ1) is 20.3. The molecule has 0 saturated carbocycles. The highest BCUT2D eigenvalue weighted by Gasteiger charge is 2.24. The molecule has 1 amide bonds. The quantitative estimate of drug-likeness (QED) is 0.545. The molecule has 0 bridgehead atoms. The standard InChI is InChI=1S/C19H18F3NO4/c1-26-13-5-3-12(4-6-13)11-23(10-9-16(24)27-2)19(25)14-7-8-15(20)18(22)17(14)21/h3-8H,9-11H2,1-2H3. The van der Waals surface area contributed by atoms with Crippen molar-refractivity contribution in [1.82, 2.24) is 4.90 Å². The Balaban J connectivity index is 2.28. The van der Waals surface area contributed by atoms with Gasteiger partial charge in [0.1, 0.15) is 5.75 Å². The Morgan fingerprint density at radius 3 is 2.22 bits per heavy atom. The maximum atomic E-state index is 14.0. The third-order valence-electron chi connectivity index (χ3n) is 3.90. The molecule has 27 heavy (non-hydrogen) atoms. The van der Waals surface area contributed by atoms with Crippen molar-refractivity contribution in [3.05, 3.63) is 65.0 Å². The molecule has 144 valence electrons. The van der Waals surface area contributed by atoms with Crippen molar-refractivity contribution in [1.29, 1.82) is 0 Å². The van der Waals surface area contributed by atoms with Crippen molar-refractivity contribution in [2.75, 3.05) is 20.8 Å². The van der Waals surface area contributed by atoms with Gasteiger partial charge in [0.15, 0.2) is 17.5 Å². The summed E-state index contributed by atoms with van der Waals surface area (Å²) in [7, 11) is 2.71. The van der Waals surface area contributed by atoms with Gasteiger partial charge in [-0.25, -0.2) is 13.2 Å². The molecule has 0 fully saturated rings. The van der Waals surface area contributed by atoms with E-state index in [-0.39, 0.29) is 19.5 Å². The maximum Gasteiger partial charge on any atom is 0.307 e. The fourth-order valence-electron chi connectivity index (χ4n) is 2.39. The second-order valence-corrected chi connectivity index (χ2v) is 5.62. The van der Waals surface area contributed by atoms with E-state index in [1.165, 1.54) is 14.2 Å². The van der Waals surface area contributed by atoms with Gasteiger partial charge in [-0.3, -0.25) is 9.59 Å². The van der Waals surface area contributed by atoms with Gasteiger partial charge in [0.2, 0.25) is 0 Å². The predicted molar refractivity (Wildman–Crippen MR) is 90.7 cm³/mol. The van der Waals surface area contributed by atoms with Gasteiger partial charge in [-0.05, 0) is 29.8 Å². The van der Waals surface area contributed by atoms with Gasteiger partial charge in [-0.1, -0.05) is 12.1 Å². The molecule has 0 aromatic heterocycles. The molecule has 0 heterocycles. The SMILES string of the molecule is COC(=O)CCN(Cc1ccc(OC)cc1)C(=O)c1ccc(F)c(F)c1F. The van der Waals surface area contributed by atoms with Crippen LogP contribution in [0.4, 0.5) is 13.2 Å². The highest BCUT2D eigenvalue weighted by Crippen LogP contribution is 2.19. The number of benzene rings is 2. The van der Waals surface area contributed by atoms with Crippen LogP contribution in [0.5, 0.6) is 5.75 Å². The summed E-state index contributed by atoms with van der Waals surface area (Å²) in [6.07, 6.45) is -0.135. The lowest BCUT2D eigenvalue weighted by atomic mass is 10.1. The Hall–Kier alpha value is -3.03. The van der Waals surface area contributed by atoms with E-state index in [1.54, 1.807) is 24.3 Å². The summed E-state index contributed by atoms with van der Waals surface area (Å²) < 4.78 is 50.2. The van der Waals surface area contributed by atoms with Crippen molar-refractivity contribution in [2.45, 2.75) is 13.0 Å². The average Bonchev–Trinajstić information content (AvgIpc) is 2.69. The van der Waals surface area contributed by atoms with Crippen LogP contribution in [0.15, 0.2) is 36.4 Å². The molecular weight excluding hydrogens is 363 g/mol. The Kier molecular flexibility index (Phi) is 6.81. The first-order chi connectivity index (χ1) is 12.9. The summed E-state index contributed by atoms with van der Waals surface area (Å²) in [5.74, 6) is -5.51. The van der Waals surface area contributed by atoms with Crippen molar-refractivity contribution in [2.24, 2.45) is 0 Å². The van der Waals surface area contributed by atoms with E-state index in [9.17, 15) is 22.8 Å². The summed E-state index contributed by atoms with van der Waals surface area (Å²) in [5.41, 5.74) is 0.0595. The van der Waals surface area contributed by atoms with Crippen LogP contribution >= 0.6 is 0 Å². The van der Waals surface area contributed by atoms with E-state index >= 15 is 0 Å². The fourth-order valence-corrected chi connectivity index (χ4v) is 2.39. The van der Waals surface area contributed by atoms with Gasteiger partial charge >= 0.3 is 5.97 Å². The molecule has 0 unspecified atom stereocenters. The van der Waals surface area contributed by atoms with E-state index in [0.717, 1.165) is 11.0 Å². The van der Waals surface area contributed by atoms with Gasteiger partial charge in [0, 0.05) is 13.1 Å². The molecule has 0 aliphatic rings. The third kappa shape index (κ3) is 4.99. The molecule has 0 radical (unpaired) electrons. The van der Waals surface area contributed by atoms with E-state index in [1.807, 2.05) is 0 Å². The molecule has 2 aromatic carbocycles. The van der Waals surface area contributed by atoms with E-state index in [2.05, 4.69) is 4.74 Å². The van der Waals surface area contributed by atoms with E-state index in [0.29, 0.717) is 17.4 Å². The molecule has 0 saturated heterocycles. The second-order valence-electron chi connectivity index (χ2n) is 5.62. The van der Waals surface area contributed by atoms with E-state index < -0.39 is 34.9 Å². The predicted octanol–water partition coefficient (Wildman–Crippen LogP) is 3.32. The maximum absolute atomic E-state index is 14.0. The number of hydrogen-bond donors (Lipinski definition) is 0. The Morgan fingerprint density at radius 2 is 1.63 bits per heavy atom. The summed E-state index contributed by atoms with van der Waals surface area (Å²) in [4.78, 5) is 25.3. The molecular formula is C19H18F3NO4. The highest BCUT2D eigenvalue weighted by atomic mass is 19.2. The van der Waals surface area contributed by atoms with Crippen molar-refractivity contribution in [3.63, 3.8) is 0 Å². The molecule has 2 rings (SSSR count). The molecule has 5 nitrogen and oxygen atoms in total. The lowest BCUT2D eigenvalue weighted by Gasteiger charge is -2.23. The van der Waals surface area contributed by atoms with Crippen LogP contribution in [0.3, 0.4) is 0 Å². The summed E-state index contributed by atoms with van der Waals surface area (Å²) in [5, 5.41) is 0. The number of methoxy groups -OCH3 is 2. The van der Waals surface area contributed by atoms with Crippen molar-refractivity contribution >= 4 is 11.9 Å². The smallest absolute Gasteiger partial charge is 0.307 e. The van der Waals surface area contributed by atoms with Crippen LogP contribution in [0.2, 0.25) is 0 Å². The first-order valence-corrected chi connectivity index (χ1v) is 8.00. The number of rotatable bonds is 7. The summed E-state index contributed by atoms with van der Waals surface area (Å²) in [6.45, 7) is -0.0613. The van der Waals surface area contributed by atoms with Gasteiger partial charge in [-0.2, -0.15) is 0 Å². The lowest BCUT2D eigenvalue weighted by Crippen LogP contribution is -2.33. The van der Waals surface area contributed by atoms with Crippen LogP contribution in [-0.4, -0.2) is 37.5 Å². The number of carbonyl (C=O) groups excluding carboxylic acids is 2. The van der Waals surface area contributed by atoms with Gasteiger partial charge < -0.3 is 14.4 Å². The van der Waals surface area contributed by atoms with Crippen LogP contribution in [-0.2, 0) is 16.1 Å². The lowest BCUT2D eigenvalue weighted by molar-refractivity contribution is -0.140. The Bertz CT molecular complexity index is 824. The number of halogens is 3. The Labute approximate surface area is 154 Å². The van der Waals surface area contributed by atoms with Crippen LogP contribution in [0.25, 0.3) is 0 Å². The fraction of sp³-hybridized carbons (Fsp3) is 0.263. The van der Waals surface area contributed by atoms with Gasteiger partial charge in [-0.15, -0.1) is 0 Å². The number of nitrogens with zero attached hydrogens (tertiary/aromatic N) is 1. The summed E-state index contributed by atoms with van der Waals surface area (Å²) in [6, 6.07) is 8.29. The summed E-state index contributed by atoms with van der Waals surface area (Å²) >= 11 is 0. The minimum atomic E-state index is -1.72. The number of hydrogen-bond acceptors (Lipinski definition) is 4. The molecule has 0 atom stereocenters. The first-order valence-electron chi connectivity index (χ1n) is 8.00. The second kappa shape index (κ2) is 9.07. The monoisotopic (exact) mass is 381 g/mol. The molecule has 0 aliphatic carbocycles. The van der Waals surface area contributed by atoms with Crippen molar-refractivity contribution < 1.29 is 32.2 Å². The van der Waals surface area contributed by atoms with Crippen molar-refractivity contribution in [3.8, 4) is 5.75 Å². The highest BCUT2D eigenvalue weighted by molar-refractivity contribution is 5.94. The molecule has 0 N–H and O–H groups in total. The Morgan fingerprint density at radius 1 is 0.963 bits per heavy atom. The van der Waals surface area contributed by atoms with Gasteiger partial charge in [0.25, 0.3) is 5.91 Å². The van der Waals surface area contributed by atoms with Crippen LogP contribution in [0, 0.1) is 17.5 Å². The zero-order valence-corrected chi connectivity index (χ0v) is 14.8. The zero-order valence-electron chi connectivity index (χ0n) is 14.8. The molecule has 8 heteroatoms. The topological polar surface area (TPSA) is 55.8 Å². The zero-order chi connectivity index (χ0) is 20.0. The number of amides is 1.